The van der Waals surface area contributed by atoms with Crippen LogP contribution in [0, 0.1) is 0 Å². The Kier molecular flexibility index (Phi) is 5.29. The molecule has 2 heterocycles. The van der Waals surface area contributed by atoms with Gasteiger partial charge < -0.3 is 15.4 Å². The van der Waals surface area contributed by atoms with E-state index < -0.39 is 0 Å². The fourth-order valence-corrected chi connectivity index (χ4v) is 2.33. The van der Waals surface area contributed by atoms with Crippen molar-refractivity contribution in [3.8, 4) is 0 Å². The number of anilines is 1. The molecule has 3 N–H and O–H groups in total. The molecular formula is C14H23N5O. The van der Waals surface area contributed by atoms with Gasteiger partial charge in [-0.25, -0.2) is 15.0 Å². The van der Waals surface area contributed by atoms with Crippen LogP contribution in [0.15, 0.2) is 12.7 Å². The molecule has 6 nitrogen and oxygen atoms in total. The van der Waals surface area contributed by atoms with E-state index in [1.54, 1.807) is 6.33 Å². The predicted octanol–water partition coefficient (Wildman–Crippen LogP) is 2.13. The Morgan fingerprint density at radius 2 is 2.00 bits per heavy atom. The standard InChI is InChI=1S/C14H23N5O/c1-2-3-4-5-6-7-11(20)8-19-10-18-12-13(15)16-9-17-14(12)19/h9-11,20H,2-8H2,1H3,(H2,15,16,17)/t11-/m0/s1. The number of aliphatic hydroxyl groups is 1. The molecule has 2 aromatic heterocycles. The summed E-state index contributed by atoms with van der Waals surface area (Å²) in [6.07, 6.45) is 9.54. The SMILES string of the molecule is CCCCCCC[C@H](O)Cn1cnc2c(N)ncnc21. The summed E-state index contributed by atoms with van der Waals surface area (Å²) >= 11 is 0. The molecule has 110 valence electrons. The zero-order chi connectivity index (χ0) is 14.4. The molecule has 20 heavy (non-hydrogen) atoms. The van der Waals surface area contributed by atoms with Gasteiger partial charge in [-0.15, -0.1) is 0 Å². The van der Waals surface area contributed by atoms with Crippen LogP contribution >= 0.6 is 0 Å². The molecule has 0 radical (unpaired) electrons. The smallest absolute Gasteiger partial charge is 0.165 e. The molecule has 0 saturated heterocycles. The summed E-state index contributed by atoms with van der Waals surface area (Å²) in [7, 11) is 0. The monoisotopic (exact) mass is 277 g/mol. The minimum Gasteiger partial charge on any atom is -0.391 e. The molecule has 0 bridgehead atoms. The normalized spacial score (nSPS) is 12.9. The Bertz CT molecular complexity index is 539. The highest BCUT2D eigenvalue weighted by molar-refractivity contribution is 5.81. The van der Waals surface area contributed by atoms with Crippen LogP contribution in [0.1, 0.15) is 45.4 Å². The maximum atomic E-state index is 10.1. The van der Waals surface area contributed by atoms with Crippen molar-refractivity contribution < 1.29 is 5.11 Å². The first-order chi connectivity index (χ1) is 9.72. The summed E-state index contributed by atoms with van der Waals surface area (Å²) in [6.45, 7) is 2.70. The van der Waals surface area contributed by atoms with E-state index in [9.17, 15) is 5.11 Å². The molecule has 6 heteroatoms. The number of fused-ring (bicyclic) bond motifs is 1. The zero-order valence-electron chi connectivity index (χ0n) is 12.0. The van der Waals surface area contributed by atoms with Crippen LogP contribution in [0.5, 0.6) is 0 Å². The second-order valence-corrected chi connectivity index (χ2v) is 5.18. The van der Waals surface area contributed by atoms with E-state index >= 15 is 0 Å². The fourth-order valence-electron chi connectivity index (χ4n) is 2.33. The average Bonchev–Trinajstić information content (AvgIpc) is 2.83. The molecule has 2 aromatic rings. The summed E-state index contributed by atoms with van der Waals surface area (Å²) in [5, 5.41) is 10.1. The van der Waals surface area contributed by atoms with Crippen LogP contribution < -0.4 is 5.73 Å². The van der Waals surface area contributed by atoms with E-state index in [0.717, 1.165) is 12.8 Å². The Morgan fingerprint density at radius 1 is 1.20 bits per heavy atom. The van der Waals surface area contributed by atoms with Crippen molar-refractivity contribution in [3.63, 3.8) is 0 Å². The number of nitrogens with zero attached hydrogens (tertiary/aromatic N) is 4. The van der Waals surface area contributed by atoms with Gasteiger partial charge >= 0.3 is 0 Å². The predicted molar refractivity (Wildman–Crippen MR) is 79.1 cm³/mol. The van der Waals surface area contributed by atoms with Crippen molar-refractivity contribution in [2.75, 3.05) is 5.73 Å². The van der Waals surface area contributed by atoms with Crippen molar-refractivity contribution in [2.24, 2.45) is 0 Å². The van der Waals surface area contributed by atoms with Gasteiger partial charge in [-0.05, 0) is 6.42 Å². The van der Waals surface area contributed by atoms with Gasteiger partial charge in [0.2, 0.25) is 0 Å². The van der Waals surface area contributed by atoms with Crippen molar-refractivity contribution >= 4 is 17.0 Å². The molecule has 0 fully saturated rings. The number of nitrogens with two attached hydrogens (primary N) is 1. The summed E-state index contributed by atoms with van der Waals surface area (Å²) in [5.74, 6) is 0.378. The molecule has 0 spiro atoms. The fraction of sp³-hybridized carbons (Fsp3) is 0.643. The number of rotatable bonds is 8. The van der Waals surface area contributed by atoms with Crippen molar-refractivity contribution in [1.29, 1.82) is 0 Å². The van der Waals surface area contributed by atoms with Crippen LogP contribution in [0.25, 0.3) is 11.2 Å². The third kappa shape index (κ3) is 3.66. The van der Waals surface area contributed by atoms with Crippen molar-refractivity contribution in [3.05, 3.63) is 12.7 Å². The first-order valence-corrected chi connectivity index (χ1v) is 7.31. The Hall–Kier alpha value is -1.69. The summed E-state index contributed by atoms with van der Waals surface area (Å²) in [4.78, 5) is 12.3. The minimum absolute atomic E-state index is 0.370. The Labute approximate surface area is 119 Å². The number of nitrogen functional groups attached to an aromatic ring is 1. The van der Waals surface area contributed by atoms with Crippen LogP contribution in [0.3, 0.4) is 0 Å². The molecule has 1 atom stereocenters. The molecular weight excluding hydrogens is 254 g/mol. The van der Waals surface area contributed by atoms with E-state index in [0.29, 0.717) is 23.5 Å². The van der Waals surface area contributed by atoms with Gasteiger partial charge in [0.05, 0.1) is 19.0 Å². The van der Waals surface area contributed by atoms with E-state index in [1.165, 1.54) is 32.0 Å². The average molecular weight is 277 g/mol. The minimum atomic E-state index is -0.370. The molecule has 0 amide bonds. The number of unbranched alkanes of at least 4 members (excludes halogenated alkanes) is 4. The lowest BCUT2D eigenvalue weighted by Crippen LogP contribution is -2.15. The van der Waals surface area contributed by atoms with Crippen LogP contribution in [-0.4, -0.2) is 30.7 Å². The Morgan fingerprint density at radius 3 is 2.80 bits per heavy atom. The topological polar surface area (TPSA) is 89.8 Å². The molecule has 0 saturated carbocycles. The highest BCUT2D eigenvalue weighted by atomic mass is 16.3. The maximum Gasteiger partial charge on any atom is 0.165 e. The third-order valence-corrected chi connectivity index (χ3v) is 3.48. The molecule has 0 unspecified atom stereocenters. The highest BCUT2D eigenvalue weighted by Crippen LogP contribution is 2.15. The highest BCUT2D eigenvalue weighted by Gasteiger charge is 2.11. The van der Waals surface area contributed by atoms with Gasteiger partial charge in [0, 0.05) is 0 Å². The summed E-state index contributed by atoms with van der Waals surface area (Å²) in [5.41, 5.74) is 7.02. The second-order valence-electron chi connectivity index (χ2n) is 5.18. The lowest BCUT2D eigenvalue weighted by molar-refractivity contribution is 0.142. The van der Waals surface area contributed by atoms with E-state index in [4.69, 9.17) is 5.73 Å². The van der Waals surface area contributed by atoms with Crippen LogP contribution in [0.2, 0.25) is 0 Å². The number of imidazole rings is 1. The third-order valence-electron chi connectivity index (χ3n) is 3.48. The summed E-state index contributed by atoms with van der Waals surface area (Å²) in [6, 6.07) is 0. The lowest BCUT2D eigenvalue weighted by atomic mass is 10.1. The number of aliphatic hydroxyl groups excluding tert-OH is 1. The van der Waals surface area contributed by atoms with Crippen molar-refractivity contribution in [2.45, 2.75) is 58.1 Å². The number of aromatic nitrogens is 4. The lowest BCUT2D eigenvalue weighted by Gasteiger charge is -2.11. The van der Waals surface area contributed by atoms with E-state index in [2.05, 4.69) is 21.9 Å². The van der Waals surface area contributed by atoms with E-state index in [-0.39, 0.29) is 6.10 Å². The first kappa shape index (κ1) is 14.7. The number of hydrogen-bond acceptors (Lipinski definition) is 5. The molecule has 0 aliphatic rings. The van der Waals surface area contributed by atoms with Crippen molar-refractivity contribution in [1.82, 2.24) is 19.5 Å². The molecule has 0 aliphatic carbocycles. The molecule has 0 aliphatic heterocycles. The van der Waals surface area contributed by atoms with E-state index in [1.807, 2.05) is 4.57 Å². The van der Waals surface area contributed by atoms with Crippen LogP contribution in [-0.2, 0) is 6.54 Å². The van der Waals surface area contributed by atoms with Crippen LogP contribution in [0.4, 0.5) is 5.82 Å². The van der Waals surface area contributed by atoms with Gasteiger partial charge in [0.15, 0.2) is 11.5 Å². The van der Waals surface area contributed by atoms with Gasteiger partial charge in [0.1, 0.15) is 11.8 Å². The van der Waals surface area contributed by atoms with Gasteiger partial charge in [0.25, 0.3) is 0 Å². The largest absolute Gasteiger partial charge is 0.391 e. The van der Waals surface area contributed by atoms with Gasteiger partial charge in [-0.3, -0.25) is 0 Å². The second kappa shape index (κ2) is 7.19. The maximum absolute atomic E-state index is 10.1. The first-order valence-electron chi connectivity index (χ1n) is 7.31. The van der Waals surface area contributed by atoms with Gasteiger partial charge in [-0.1, -0.05) is 39.0 Å². The molecule has 0 aromatic carbocycles. The molecule has 2 rings (SSSR count). The van der Waals surface area contributed by atoms with Gasteiger partial charge in [-0.2, -0.15) is 0 Å². The quantitative estimate of drug-likeness (QED) is 0.721. The summed E-state index contributed by atoms with van der Waals surface area (Å²) < 4.78 is 1.84. The Balaban J connectivity index is 1.87. The zero-order valence-corrected chi connectivity index (χ0v) is 12.0. The number of hydrogen-bond donors (Lipinski definition) is 2.